The standard InChI is InChI=1S/C10H23N/c1-6-7-9(2)11-8-10(3,4)5/h9,11H,6-8H2,1-5H3. The first kappa shape index (κ1) is 11.0. The molecule has 11 heavy (non-hydrogen) atoms. The zero-order valence-corrected chi connectivity index (χ0v) is 8.70. The van der Waals surface area contributed by atoms with Crippen LogP contribution in [0.1, 0.15) is 47.5 Å². The first-order chi connectivity index (χ1) is 4.95. The van der Waals surface area contributed by atoms with Crippen LogP contribution in [0.3, 0.4) is 0 Å². The SMILES string of the molecule is CCCC(C)NCC(C)(C)C. The summed E-state index contributed by atoms with van der Waals surface area (Å²) in [6, 6.07) is 0.680. The summed E-state index contributed by atoms with van der Waals surface area (Å²) in [4.78, 5) is 0. The summed E-state index contributed by atoms with van der Waals surface area (Å²) in [5.74, 6) is 0. The van der Waals surface area contributed by atoms with Crippen molar-refractivity contribution in [2.45, 2.75) is 53.5 Å². The van der Waals surface area contributed by atoms with Crippen molar-refractivity contribution in [2.24, 2.45) is 5.41 Å². The minimum Gasteiger partial charge on any atom is -0.314 e. The third-order valence-corrected chi connectivity index (χ3v) is 1.70. The van der Waals surface area contributed by atoms with Gasteiger partial charge in [0.15, 0.2) is 0 Å². The van der Waals surface area contributed by atoms with Crippen molar-refractivity contribution in [3.8, 4) is 0 Å². The molecule has 68 valence electrons. The molecule has 0 heterocycles. The van der Waals surface area contributed by atoms with E-state index in [1.165, 1.54) is 12.8 Å². The second-order valence-electron chi connectivity index (χ2n) is 4.63. The Morgan fingerprint density at radius 3 is 2.18 bits per heavy atom. The first-order valence-electron chi connectivity index (χ1n) is 4.69. The maximum Gasteiger partial charge on any atom is 0.00388 e. The Morgan fingerprint density at radius 2 is 1.82 bits per heavy atom. The molecule has 1 atom stereocenters. The number of hydrogen-bond acceptors (Lipinski definition) is 1. The van der Waals surface area contributed by atoms with Crippen LogP contribution in [0.5, 0.6) is 0 Å². The van der Waals surface area contributed by atoms with Crippen LogP contribution >= 0.6 is 0 Å². The van der Waals surface area contributed by atoms with Crippen LogP contribution in [-0.4, -0.2) is 12.6 Å². The fourth-order valence-electron chi connectivity index (χ4n) is 1.02. The van der Waals surface area contributed by atoms with Gasteiger partial charge in [-0.15, -0.1) is 0 Å². The lowest BCUT2D eigenvalue weighted by molar-refractivity contribution is 0.350. The average Bonchev–Trinajstić information content (AvgIpc) is 1.83. The van der Waals surface area contributed by atoms with E-state index in [0.717, 1.165) is 6.54 Å². The Bertz CT molecular complexity index is 91.5. The van der Waals surface area contributed by atoms with Gasteiger partial charge < -0.3 is 5.32 Å². The predicted octanol–water partition coefficient (Wildman–Crippen LogP) is 2.81. The van der Waals surface area contributed by atoms with Gasteiger partial charge in [-0.05, 0) is 18.8 Å². The zero-order chi connectivity index (χ0) is 8.91. The van der Waals surface area contributed by atoms with Crippen LogP contribution in [0.2, 0.25) is 0 Å². The first-order valence-corrected chi connectivity index (χ1v) is 4.69. The molecule has 0 saturated heterocycles. The van der Waals surface area contributed by atoms with Gasteiger partial charge in [-0.25, -0.2) is 0 Å². The Labute approximate surface area is 71.6 Å². The van der Waals surface area contributed by atoms with Crippen LogP contribution in [0.25, 0.3) is 0 Å². The Kier molecular flexibility index (Phi) is 4.74. The van der Waals surface area contributed by atoms with Gasteiger partial charge in [-0.2, -0.15) is 0 Å². The summed E-state index contributed by atoms with van der Waals surface area (Å²) in [6.07, 6.45) is 2.56. The fourth-order valence-corrected chi connectivity index (χ4v) is 1.02. The Hall–Kier alpha value is -0.0400. The molecule has 0 spiro atoms. The summed E-state index contributed by atoms with van der Waals surface area (Å²) < 4.78 is 0. The monoisotopic (exact) mass is 157 g/mol. The molecule has 0 aliphatic carbocycles. The highest BCUT2D eigenvalue weighted by Gasteiger charge is 2.10. The Morgan fingerprint density at radius 1 is 1.27 bits per heavy atom. The quantitative estimate of drug-likeness (QED) is 0.661. The lowest BCUT2D eigenvalue weighted by Crippen LogP contribution is -2.33. The van der Waals surface area contributed by atoms with Gasteiger partial charge in [0.2, 0.25) is 0 Å². The van der Waals surface area contributed by atoms with E-state index in [4.69, 9.17) is 0 Å². The maximum absolute atomic E-state index is 3.52. The smallest absolute Gasteiger partial charge is 0.00388 e. The van der Waals surface area contributed by atoms with Gasteiger partial charge in [-0.3, -0.25) is 0 Å². The van der Waals surface area contributed by atoms with Crippen molar-refractivity contribution in [1.29, 1.82) is 0 Å². The van der Waals surface area contributed by atoms with Crippen molar-refractivity contribution in [2.75, 3.05) is 6.54 Å². The van der Waals surface area contributed by atoms with Crippen LogP contribution < -0.4 is 5.32 Å². The van der Waals surface area contributed by atoms with E-state index in [0.29, 0.717) is 11.5 Å². The highest BCUT2D eigenvalue weighted by Crippen LogP contribution is 2.11. The molecule has 0 fully saturated rings. The van der Waals surface area contributed by atoms with E-state index in [2.05, 4.69) is 39.9 Å². The van der Waals surface area contributed by atoms with E-state index >= 15 is 0 Å². The molecule has 0 saturated carbocycles. The summed E-state index contributed by atoms with van der Waals surface area (Å²) in [5, 5.41) is 3.52. The normalized spacial score (nSPS) is 15.0. The molecule has 0 aromatic carbocycles. The van der Waals surface area contributed by atoms with Crippen molar-refractivity contribution in [3.63, 3.8) is 0 Å². The molecule has 0 rings (SSSR count). The number of rotatable bonds is 4. The van der Waals surface area contributed by atoms with Gasteiger partial charge >= 0.3 is 0 Å². The largest absolute Gasteiger partial charge is 0.314 e. The van der Waals surface area contributed by atoms with E-state index in [1.54, 1.807) is 0 Å². The summed E-state index contributed by atoms with van der Waals surface area (Å²) >= 11 is 0. The van der Waals surface area contributed by atoms with Gasteiger partial charge in [0.1, 0.15) is 0 Å². The second kappa shape index (κ2) is 4.76. The molecule has 0 aromatic rings. The van der Waals surface area contributed by atoms with E-state index in [9.17, 15) is 0 Å². The average molecular weight is 157 g/mol. The highest BCUT2D eigenvalue weighted by molar-refractivity contribution is 4.68. The van der Waals surface area contributed by atoms with Crippen LogP contribution in [0, 0.1) is 5.41 Å². The van der Waals surface area contributed by atoms with Crippen molar-refractivity contribution in [3.05, 3.63) is 0 Å². The molecule has 0 aliphatic rings. The van der Waals surface area contributed by atoms with Crippen molar-refractivity contribution in [1.82, 2.24) is 5.32 Å². The minimum absolute atomic E-state index is 0.419. The minimum atomic E-state index is 0.419. The predicted molar refractivity (Wildman–Crippen MR) is 51.8 cm³/mol. The lowest BCUT2D eigenvalue weighted by Gasteiger charge is -2.22. The topological polar surface area (TPSA) is 12.0 Å². The summed E-state index contributed by atoms with van der Waals surface area (Å²) in [5.41, 5.74) is 0.419. The highest BCUT2D eigenvalue weighted by atomic mass is 14.9. The second-order valence-corrected chi connectivity index (χ2v) is 4.63. The molecule has 0 bridgehead atoms. The third-order valence-electron chi connectivity index (χ3n) is 1.70. The molecule has 1 nitrogen and oxygen atoms in total. The fraction of sp³-hybridized carbons (Fsp3) is 1.00. The number of hydrogen-bond donors (Lipinski definition) is 1. The maximum atomic E-state index is 3.52. The van der Waals surface area contributed by atoms with E-state index in [-0.39, 0.29) is 0 Å². The summed E-state index contributed by atoms with van der Waals surface area (Å²) in [7, 11) is 0. The van der Waals surface area contributed by atoms with Crippen LogP contribution in [0.15, 0.2) is 0 Å². The molecule has 0 amide bonds. The molecule has 0 aromatic heterocycles. The van der Waals surface area contributed by atoms with Crippen LogP contribution in [0.4, 0.5) is 0 Å². The molecular formula is C10H23N. The zero-order valence-electron chi connectivity index (χ0n) is 8.70. The lowest BCUT2D eigenvalue weighted by atomic mass is 9.96. The molecule has 0 radical (unpaired) electrons. The van der Waals surface area contributed by atoms with Crippen molar-refractivity contribution >= 4 is 0 Å². The Balaban J connectivity index is 3.38. The summed E-state index contributed by atoms with van der Waals surface area (Å²) in [6.45, 7) is 12.4. The molecule has 1 N–H and O–H groups in total. The molecular weight excluding hydrogens is 134 g/mol. The molecule has 0 aliphatic heterocycles. The van der Waals surface area contributed by atoms with E-state index < -0.39 is 0 Å². The molecule has 1 heteroatoms. The van der Waals surface area contributed by atoms with Crippen molar-refractivity contribution < 1.29 is 0 Å². The van der Waals surface area contributed by atoms with Gasteiger partial charge in [0.25, 0.3) is 0 Å². The van der Waals surface area contributed by atoms with Crippen LogP contribution in [-0.2, 0) is 0 Å². The molecule has 1 unspecified atom stereocenters. The number of nitrogens with one attached hydrogen (secondary N) is 1. The third kappa shape index (κ3) is 7.86. The van der Waals surface area contributed by atoms with Gasteiger partial charge in [-0.1, -0.05) is 34.1 Å². The van der Waals surface area contributed by atoms with Gasteiger partial charge in [0.05, 0.1) is 0 Å². The van der Waals surface area contributed by atoms with Gasteiger partial charge in [0, 0.05) is 12.6 Å². The van der Waals surface area contributed by atoms with E-state index in [1.807, 2.05) is 0 Å².